The number of halogens is 1. The largest absolute Gasteiger partial charge is 0.369 e. The van der Waals surface area contributed by atoms with E-state index in [-0.39, 0.29) is 23.2 Å². The zero-order chi connectivity index (χ0) is 20.4. The number of allylic oxidation sites excluding steroid dienone is 2. The molecule has 5 nitrogen and oxygen atoms in total. The molecule has 2 saturated carbocycles. The van der Waals surface area contributed by atoms with E-state index in [1.807, 2.05) is 24.3 Å². The highest BCUT2D eigenvalue weighted by Gasteiger charge is 2.82. The average Bonchev–Trinajstić information content (AvgIpc) is 3.06. The van der Waals surface area contributed by atoms with E-state index in [4.69, 9.17) is 11.5 Å². The lowest BCUT2D eigenvalue weighted by Crippen LogP contribution is -2.62. The number of carbonyl (C=O) groups is 2. The van der Waals surface area contributed by atoms with Crippen LogP contribution >= 0.6 is 15.9 Å². The van der Waals surface area contributed by atoms with Crippen LogP contribution in [-0.2, 0) is 15.0 Å². The predicted octanol–water partition coefficient (Wildman–Crippen LogP) is 2.73. The Bertz CT molecular complexity index is 888. The van der Waals surface area contributed by atoms with Crippen LogP contribution in [0.4, 0.5) is 0 Å². The first-order valence-electron chi connectivity index (χ1n) is 10.7. The molecule has 4 aliphatic rings. The molecular weight excluding hydrogens is 430 g/mol. The van der Waals surface area contributed by atoms with Gasteiger partial charge in [0.25, 0.3) is 0 Å². The SMILES string of the molecule is NC(=O)[C@]1(CCN2CCCC2)[C@@H]2C=C[C@@H](C23CC3)[C@@]1(C(N)=O)c1ccc(Br)cc1. The summed E-state index contributed by atoms with van der Waals surface area (Å²) < 4.78 is 0.933. The van der Waals surface area contributed by atoms with E-state index < -0.39 is 16.7 Å². The minimum atomic E-state index is -1.09. The molecule has 6 heteroatoms. The highest BCUT2D eigenvalue weighted by atomic mass is 79.9. The van der Waals surface area contributed by atoms with Gasteiger partial charge in [-0.2, -0.15) is 0 Å². The van der Waals surface area contributed by atoms with Gasteiger partial charge in [0.2, 0.25) is 11.8 Å². The molecule has 4 atom stereocenters. The summed E-state index contributed by atoms with van der Waals surface area (Å²) in [5.74, 6) is -0.870. The Hall–Kier alpha value is -1.66. The van der Waals surface area contributed by atoms with Gasteiger partial charge in [-0.05, 0) is 80.8 Å². The normalized spacial score (nSPS) is 36.7. The van der Waals surface area contributed by atoms with Crippen LogP contribution in [0.25, 0.3) is 0 Å². The van der Waals surface area contributed by atoms with Crippen LogP contribution in [0.5, 0.6) is 0 Å². The van der Waals surface area contributed by atoms with Crippen LogP contribution in [0.3, 0.4) is 0 Å². The van der Waals surface area contributed by atoms with Gasteiger partial charge in [0.1, 0.15) is 0 Å². The Labute approximate surface area is 180 Å². The maximum atomic E-state index is 13.4. The van der Waals surface area contributed by atoms with Crippen LogP contribution in [-0.4, -0.2) is 36.3 Å². The lowest BCUT2D eigenvalue weighted by Gasteiger charge is -2.48. The van der Waals surface area contributed by atoms with Gasteiger partial charge in [-0.3, -0.25) is 9.59 Å². The number of nitrogens with two attached hydrogens (primary N) is 2. The predicted molar refractivity (Wildman–Crippen MR) is 115 cm³/mol. The number of benzene rings is 1. The summed E-state index contributed by atoms with van der Waals surface area (Å²) in [6.07, 6.45) is 9.34. The molecule has 2 bridgehead atoms. The van der Waals surface area contributed by atoms with E-state index in [1.165, 1.54) is 12.8 Å². The van der Waals surface area contributed by atoms with Crippen molar-refractivity contribution in [3.63, 3.8) is 0 Å². The highest BCUT2D eigenvalue weighted by molar-refractivity contribution is 9.10. The van der Waals surface area contributed by atoms with Gasteiger partial charge in [0, 0.05) is 10.4 Å². The van der Waals surface area contributed by atoms with Crippen molar-refractivity contribution in [3.8, 4) is 0 Å². The molecule has 0 aromatic heterocycles. The number of hydrogen-bond acceptors (Lipinski definition) is 3. The molecule has 3 fully saturated rings. The van der Waals surface area contributed by atoms with Crippen LogP contribution in [0.1, 0.15) is 37.7 Å². The summed E-state index contributed by atoms with van der Waals surface area (Å²) in [7, 11) is 0. The fourth-order valence-corrected chi connectivity index (χ4v) is 7.41. The fourth-order valence-electron chi connectivity index (χ4n) is 7.15. The smallest absolute Gasteiger partial charge is 0.229 e. The first kappa shape index (κ1) is 19.3. The molecule has 5 rings (SSSR count). The molecule has 0 radical (unpaired) electrons. The second kappa shape index (κ2) is 6.42. The van der Waals surface area contributed by atoms with Gasteiger partial charge in [0.05, 0.1) is 10.8 Å². The Kier molecular flexibility index (Phi) is 4.27. The molecular formula is C23H28BrN3O2. The molecule has 154 valence electrons. The van der Waals surface area contributed by atoms with Crippen LogP contribution < -0.4 is 11.5 Å². The third kappa shape index (κ3) is 2.30. The topological polar surface area (TPSA) is 89.4 Å². The van der Waals surface area contributed by atoms with Gasteiger partial charge in [-0.25, -0.2) is 0 Å². The molecule has 1 saturated heterocycles. The fraction of sp³-hybridized carbons (Fsp3) is 0.565. The third-order valence-corrected chi connectivity index (χ3v) is 8.94. The van der Waals surface area contributed by atoms with Gasteiger partial charge in [-0.1, -0.05) is 40.2 Å². The Morgan fingerprint density at radius 2 is 1.62 bits per heavy atom. The molecule has 2 amide bonds. The molecule has 29 heavy (non-hydrogen) atoms. The highest BCUT2D eigenvalue weighted by Crippen LogP contribution is 2.80. The summed E-state index contributed by atoms with van der Waals surface area (Å²) in [4.78, 5) is 29.1. The van der Waals surface area contributed by atoms with Crippen molar-refractivity contribution in [3.05, 3.63) is 46.5 Å². The Morgan fingerprint density at radius 1 is 1.00 bits per heavy atom. The zero-order valence-electron chi connectivity index (χ0n) is 16.6. The number of amides is 2. The molecule has 1 heterocycles. The van der Waals surface area contributed by atoms with Gasteiger partial charge in [0.15, 0.2) is 0 Å². The number of likely N-dealkylation sites (tertiary alicyclic amines) is 1. The number of primary amides is 2. The Morgan fingerprint density at radius 3 is 2.17 bits per heavy atom. The van der Waals surface area contributed by atoms with Crippen molar-refractivity contribution in [2.75, 3.05) is 19.6 Å². The minimum Gasteiger partial charge on any atom is -0.369 e. The molecule has 1 aromatic carbocycles. The average molecular weight is 458 g/mol. The number of rotatable bonds is 6. The molecule has 4 N–H and O–H groups in total. The van der Waals surface area contributed by atoms with Crippen LogP contribution in [0, 0.1) is 22.7 Å². The van der Waals surface area contributed by atoms with Crippen LogP contribution in [0.15, 0.2) is 40.9 Å². The molecule has 3 aliphatic carbocycles. The number of nitrogens with zero attached hydrogens (tertiary/aromatic N) is 1. The van der Waals surface area contributed by atoms with Crippen molar-refractivity contribution >= 4 is 27.7 Å². The summed E-state index contributed by atoms with van der Waals surface area (Å²) in [6.45, 7) is 2.87. The summed E-state index contributed by atoms with van der Waals surface area (Å²) in [6, 6.07) is 7.77. The first-order valence-corrected chi connectivity index (χ1v) is 11.5. The van der Waals surface area contributed by atoms with Crippen molar-refractivity contribution in [1.29, 1.82) is 0 Å². The van der Waals surface area contributed by atoms with Crippen molar-refractivity contribution in [1.82, 2.24) is 4.90 Å². The second-order valence-corrected chi connectivity index (χ2v) is 10.3. The Balaban J connectivity index is 1.70. The van der Waals surface area contributed by atoms with Crippen molar-refractivity contribution in [2.45, 2.75) is 37.5 Å². The first-order chi connectivity index (χ1) is 13.9. The summed E-state index contributed by atoms with van der Waals surface area (Å²) in [5.41, 5.74) is 11.2. The van der Waals surface area contributed by atoms with E-state index in [1.54, 1.807) is 0 Å². The molecule has 1 aliphatic heterocycles. The summed E-state index contributed by atoms with van der Waals surface area (Å²) >= 11 is 3.49. The lowest BCUT2D eigenvalue weighted by atomic mass is 9.52. The van der Waals surface area contributed by atoms with Crippen molar-refractivity contribution in [2.24, 2.45) is 34.1 Å². The quantitative estimate of drug-likeness (QED) is 0.643. The maximum Gasteiger partial charge on any atom is 0.229 e. The number of hydrogen-bond donors (Lipinski definition) is 2. The molecule has 1 aromatic rings. The van der Waals surface area contributed by atoms with Gasteiger partial charge >= 0.3 is 0 Å². The third-order valence-electron chi connectivity index (χ3n) is 8.41. The van der Waals surface area contributed by atoms with Gasteiger partial charge < -0.3 is 16.4 Å². The molecule has 1 spiro atoms. The van der Waals surface area contributed by atoms with E-state index in [0.717, 1.165) is 42.5 Å². The molecule has 0 unspecified atom stereocenters. The van der Waals surface area contributed by atoms with Crippen molar-refractivity contribution < 1.29 is 9.59 Å². The standard InChI is InChI=1S/C23H28BrN3O2/c24-16-5-3-15(4-6-16)23(20(26)29)18-8-7-17(21(18)9-10-21)22(23,19(25)28)11-14-27-12-1-2-13-27/h3-8,17-18H,1-2,9-14H2,(H2,25,28)(H2,26,29)/t17-,18+,22+,23-/m1/s1. The van der Waals surface area contributed by atoms with E-state index >= 15 is 0 Å². The van der Waals surface area contributed by atoms with E-state index in [0.29, 0.717) is 6.42 Å². The minimum absolute atomic E-state index is 0.0174. The second-order valence-electron chi connectivity index (χ2n) is 9.39. The number of carbonyl (C=O) groups excluding carboxylic acids is 2. The summed E-state index contributed by atoms with van der Waals surface area (Å²) in [5, 5.41) is 0. The lowest BCUT2D eigenvalue weighted by molar-refractivity contribution is -0.144. The monoisotopic (exact) mass is 457 g/mol. The van der Waals surface area contributed by atoms with Gasteiger partial charge in [-0.15, -0.1) is 0 Å². The van der Waals surface area contributed by atoms with E-state index in [2.05, 4.69) is 33.0 Å². The van der Waals surface area contributed by atoms with E-state index in [9.17, 15) is 9.59 Å². The van der Waals surface area contributed by atoms with Crippen LogP contribution in [0.2, 0.25) is 0 Å². The zero-order valence-corrected chi connectivity index (χ0v) is 18.2. The maximum absolute atomic E-state index is 13.4.